The Labute approximate surface area is 94.9 Å². The minimum Gasteiger partial charge on any atom is -0.330 e. The van der Waals surface area contributed by atoms with E-state index >= 15 is 0 Å². The minimum atomic E-state index is -0.154. The summed E-state index contributed by atoms with van der Waals surface area (Å²) < 4.78 is 1.60. The molecule has 6 heteroatoms. The van der Waals surface area contributed by atoms with Crippen molar-refractivity contribution < 1.29 is 4.79 Å². The standard InChI is InChI=1S/C9H18N4OS/c1-9(2,3)7-6-10-13(15-7)11-8(14)12(4)5/h6,10H,1-5H3,(H,11,14). The van der Waals surface area contributed by atoms with Crippen LogP contribution in [0.15, 0.2) is 11.1 Å². The fourth-order valence-electron chi connectivity index (χ4n) is 0.864. The third kappa shape index (κ3) is 3.32. The number of hydrogen-bond acceptors (Lipinski definition) is 4. The normalized spacial score (nSPS) is 17.0. The van der Waals surface area contributed by atoms with Gasteiger partial charge in [0.15, 0.2) is 0 Å². The third-order valence-electron chi connectivity index (χ3n) is 1.85. The first-order valence-electron chi connectivity index (χ1n) is 4.73. The van der Waals surface area contributed by atoms with Gasteiger partial charge < -0.3 is 4.90 Å². The first-order chi connectivity index (χ1) is 6.80. The van der Waals surface area contributed by atoms with Crippen molar-refractivity contribution in [2.45, 2.75) is 20.8 Å². The zero-order chi connectivity index (χ0) is 11.6. The maximum absolute atomic E-state index is 11.4. The predicted octanol–water partition coefficient (Wildman–Crippen LogP) is 1.53. The topological polar surface area (TPSA) is 47.6 Å². The molecule has 0 saturated carbocycles. The molecule has 0 aliphatic carbocycles. The van der Waals surface area contributed by atoms with Gasteiger partial charge in [0.25, 0.3) is 0 Å². The van der Waals surface area contributed by atoms with Crippen molar-refractivity contribution in [3.8, 4) is 0 Å². The molecule has 1 aliphatic heterocycles. The van der Waals surface area contributed by atoms with Gasteiger partial charge >= 0.3 is 6.03 Å². The molecule has 0 radical (unpaired) electrons. The van der Waals surface area contributed by atoms with Crippen LogP contribution in [0.25, 0.3) is 0 Å². The second-order valence-electron chi connectivity index (χ2n) is 4.58. The molecule has 0 aromatic heterocycles. The molecule has 0 atom stereocenters. The number of carbonyl (C=O) groups excluding carboxylic acids is 1. The van der Waals surface area contributed by atoms with Gasteiger partial charge in [-0.15, -0.1) is 0 Å². The third-order valence-corrected chi connectivity index (χ3v) is 3.15. The minimum absolute atomic E-state index is 0.0925. The lowest BCUT2D eigenvalue weighted by molar-refractivity contribution is 0.193. The highest BCUT2D eigenvalue weighted by Gasteiger charge is 2.26. The molecule has 15 heavy (non-hydrogen) atoms. The van der Waals surface area contributed by atoms with Crippen molar-refractivity contribution in [3.63, 3.8) is 0 Å². The van der Waals surface area contributed by atoms with Crippen molar-refractivity contribution in [2.75, 3.05) is 14.1 Å². The van der Waals surface area contributed by atoms with Gasteiger partial charge in [0.1, 0.15) is 0 Å². The summed E-state index contributed by atoms with van der Waals surface area (Å²) in [5, 5.41) is 0. The van der Waals surface area contributed by atoms with Crippen LogP contribution in [-0.4, -0.2) is 29.5 Å². The van der Waals surface area contributed by atoms with Crippen LogP contribution < -0.4 is 10.9 Å². The molecule has 2 amide bonds. The summed E-state index contributed by atoms with van der Waals surface area (Å²) in [6, 6.07) is -0.154. The molecule has 5 nitrogen and oxygen atoms in total. The van der Waals surface area contributed by atoms with Gasteiger partial charge in [0, 0.05) is 25.2 Å². The van der Waals surface area contributed by atoms with Gasteiger partial charge in [-0.3, -0.25) is 5.43 Å². The lowest BCUT2D eigenvalue weighted by atomic mass is 9.97. The van der Waals surface area contributed by atoms with Gasteiger partial charge in [-0.25, -0.2) is 10.2 Å². The molecule has 0 aromatic rings. The predicted molar refractivity (Wildman–Crippen MR) is 62.3 cm³/mol. The SMILES string of the molecule is CN(C)C(=O)NN1NC=C(C(C)(C)C)S1. The molecule has 1 aliphatic rings. The molecule has 86 valence electrons. The van der Waals surface area contributed by atoms with Gasteiger partial charge in [-0.05, 0) is 17.4 Å². The molecule has 0 saturated heterocycles. The Morgan fingerprint density at radius 2 is 2.13 bits per heavy atom. The van der Waals surface area contributed by atoms with Crippen LogP contribution in [-0.2, 0) is 0 Å². The van der Waals surface area contributed by atoms with E-state index in [-0.39, 0.29) is 11.4 Å². The smallest absolute Gasteiger partial charge is 0.330 e. The molecule has 0 spiro atoms. The van der Waals surface area contributed by atoms with Crippen molar-refractivity contribution in [3.05, 3.63) is 11.1 Å². The van der Waals surface area contributed by atoms with Crippen LogP contribution >= 0.6 is 11.9 Å². The molecule has 0 aromatic carbocycles. The Hall–Kier alpha value is -0.880. The molecular weight excluding hydrogens is 212 g/mol. The van der Waals surface area contributed by atoms with Crippen LogP contribution in [0, 0.1) is 5.41 Å². The average Bonchev–Trinajstić information content (AvgIpc) is 2.51. The summed E-state index contributed by atoms with van der Waals surface area (Å²) in [5.74, 6) is 0. The molecule has 0 unspecified atom stereocenters. The Morgan fingerprint density at radius 3 is 2.53 bits per heavy atom. The van der Waals surface area contributed by atoms with E-state index in [9.17, 15) is 4.79 Å². The molecule has 1 rings (SSSR count). The Balaban J connectivity index is 2.45. The van der Waals surface area contributed by atoms with Gasteiger partial charge in [0.05, 0.1) is 0 Å². The van der Waals surface area contributed by atoms with E-state index in [1.54, 1.807) is 18.6 Å². The summed E-state index contributed by atoms with van der Waals surface area (Å²) in [6.45, 7) is 6.39. The van der Waals surface area contributed by atoms with Crippen molar-refractivity contribution in [1.82, 2.24) is 20.3 Å². The number of allylic oxidation sites excluding steroid dienone is 1. The van der Waals surface area contributed by atoms with Crippen molar-refractivity contribution in [1.29, 1.82) is 0 Å². The maximum atomic E-state index is 11.4. The second kappa shape index (κ2) is 4.32. The van der Waals surface area contributed by atoms with Crippen LogP contribution in [0.4, 0.5) is 4.79 Å². The number of amides is 2. The summed E-state index contributed by atoms with van der Waals surface area (Å²) in [7, 11) is 3.41. The summed E-state index contributed by atoms with van der Waals surface area (Å²) in [4.78, 5) is 14.0. The van der Waals surface area contributed by atoms with E-state index in [0.717, 1.165) is 0 Å². The van der Waals surface area contributed by atoms with Crippen LogP contribution in [0.2, 0.25) is 0 Å². The molecular formula is C9H18N4OS. The number of nitrogens with one attached hydrogen (secondary N) is 2. The first kappa shape index (κ1) is 12.2. The Kier molecular flexibility index (Phi) is 3.51. The van der Waals surface area contributed by atoms with Crippen molar-refractivity contribution >= 4 is 18.0 Å². The number of hydrazine groups is 2. The van der Waals surface area contributed by atoms with E-state index < -0.39 is 0 Å². The quantitative estimate of drug-likeness (QED) is 0.671. The number of hydrogen-bond donors (Lipinski definition) is 2. The summed E-state index contributed by atoms with van der Waals surface area (Å²) >= 11 is 1.49. The molecule has 1 heterocycles. The zero-order valence-corrected chi connectivity index (χ0v) is 10.6. The van der Waals surface area contributed by atoms with E-state index in [1.165, 1.54) is 21.8 Å². The Bertz CT molecular complexity index is 282. The van der Waals surface area contributed by atoms with Gasteiger partial charge in [-0.2, -0.15) is 0 Å². The highest BCUT2D eigenvalue weighted by Crippen LogP contribution is 2.37. The first-order valence-corrected chi connectivity index (χ1v) is 5.51. The van der Waals surface area contributed by atoms with Crippen LogP contribution in [0.3, 0.4) is 0 Å². The lowest BCUT2D eigenvalue weighted by Gasteiger charge is -2.22. The number of nitrogens with zero attached hydrogens (tertiary/aromatic N) is 2. The number of carbonyl (C=O) groups is 1. The van der Waals surface area contributed by atoms with E-state index in [1.807, 2.05) is 6.20 Å². The Morgan fingerprint density at radius 1 is 1.53 bits per heavy atom. The van der Waals surface area contributed by atoms with Crippen LogP contribution in [0.5, 0.6) is 0 Å². The molecule has 0 bridgehead atoms. The maximum Gasteiger partial charge on any atom is 0.333 e. The summed E-state index contributed by atoms with van der Waals surface area (Å²) in [5.41, 5.74) is 5.77. The molecule has 0 fully saturated rings. The lowest BCUT2D eigenvalue weighted by Crippen LogP contribution is -2.46. The number of rotatable bonds is 1. The zero-order valence-electron chi connectivity index (χ0n) is 9.79. The fourth-order valence-corrected chi connectivity index (χ4v) is 1.67. The fraction of sp³-hybridized carbons (Fsp3) is 0.667. The highest BCUT2D eigenvalue weighted by molar-refractivity contribution is 8.01. The monoisotopic (exact) mass is 230 g/mol. The average molecular weight is 230 g/mol. The van der Waals surface area contributed by atoms with E-state index in [4.69, 9.17) is 0 Å². The summed E-state index contributed by atoms with van der Waals surface area (Å²) in [6.07, 6.45) is 1.90. The van der Waals surface area contributed by atoms with Gasteiger partial charge in [0.2, 0.25) is 0 Å². The van der Waals surface area contributed by atoms with E-state index in [0.29, 0.717) is 0 Å². The second-order valence-corrected chi connectivity index (χ2v) is 5.57. The largest absolute Gasteiger partial charge is 0.333 e. The van der Waals surface area contributed by atoms with E-state index in [2.05, 4.69) is 31.6 Å². The van der Waals surface area contributed by atoms with Gasteiger partial charge in [-0.1, -0.05) is 25.3 Å². The number of urea groups is 1. The molecule has 2 N–H and O–H groups in total. The van der Waals surface area contributed by atoms with Crippen LogP contribution in [0.1, 0.15) is 20.8 Å². The van der Waals surface area contributed by atoms with Crippen molar-refractivity contribution in [2.24, 2.45) is 5.41 Å². The highest BCUT2D eigenvalue weighted by atomic mass is 32.2.